The third kappa shape index (κ3) is 6.35. The van der Waals surface area contributed by atoms with Gasteiger partial charge < -0.3 is 4.90 Å². The Morgan fingerprint density at radius 1 is 1.00 bits per heavy atom. The smallest absolute Gasteiger partial charge is 0.308 e. The lowest BCUT2D eigenvalue weighted by Gasteiger charge is -2.25. The highest BCUT2D eigenvalue weighted by Crippen LogP contribution is 2.34. The van der Waals surface area contributed by atoms with Crippen LogP contribution in [0.15, 0.2) is 53.4 Å². The van der Waals surface area contributed by atoms with Gasteiger partial charge >= 0.3 is 6.18 Å². The first-order valence-corrected chi connectivity index (χ1v) is 9.89. The van der Waals surface area contributed by atoms with Crippen LogP contribution in [0, 0.1) is 0 Å². The summed E-state index contributed by atoms with van der Waals surface area (Å²) in [6.07, 6.45) is -4.66. The zero-order valence-electron chi connectivity index (χ0n) is 15.3. The van der Waals surface area contributed by atoms with Crippen molar-refractivity contribution in [3.8, 4) is 0 Å². The average molecular weight is 457 g/mol. The highest BCUT2D eigenvalue weighted by Gasteiger charge is 2.34. The molecule has 0 aliphatic heterocycles. The van der Waals surface area contributed by atoms with Gasteiger partial charge in [0, 0.05) is 19.6 Å². The van der Waals surface area contributed by atoms with Gasteiger partial charge in [-0.05, 0) is 37.9 Å². The van der Waals surface area contributed by atoms with Crippen molar-refractivity contribution in [3.05, 3.63) is 64.7 Å². The molecule has 0 aliphatic carbocycles. The van der Waals surface area contributed by atoms with Gasteiger partial charge in [-0.2, -0.15) is 17.5 Å². The molecule has 2 rings (SSSR count). The third-order valence-electron chi connectivity index (χ3n) is 3.87. The maximum Gasteiger partial charge on any atom is 0.416 e. The van der Waals surface area contributed by atoms with Crippen molar-refractivity contribution in [2.24, 2.45) is 0 Å². The molecule has 0 aliphatic rings. The summed E-state index contributed by atoms with van der Waals surface area (Å²) in [4.78, 5) is 1.25. The van der Waals surface area contributed by atoms with Crippen LogP contribution >= 0.6 is 24.0 Å². The molecule has 0 amide bonds. The van der Waals surface area contributed by atoms with E-state index in [1.165, 1.54) is 0 Å². The van der Waals surface area contributed by atoms with Gasteiger partial charge in [0.2, 0.25) is 10.0 Å². The maximum atomic E-state index is 13.1. The number of hydrogen-bond donors (Lipinski definition) is 0. The van der Waals surface area contributed by atoms with Gasteiger partial charge in [-0.25, -0.2) is 8.42 Å². The highest BCUT2D eigenvalue weighted by atomic mass is 35.5. The Morgan fingerprint density at radius 2 is 1.61 bits per heavy atom. The predicted molar refractivity (Wildman–Crippen MR) is 106 cm³/mol. The van der Waals surface area contributed by atoms with Gasteiger partial charge in [-0.3, -0.25) is 0 Å². The number of hydrogen-bond acceptors (Lipinski definition) is 3. The lowest BCUT2D eigenvalue weighted by molar-refractivity contribution is -0.137. The number of rotatable bonds is 7. The monoisotopic (exact) mass is 456 g/mol. The van der Waals surface area contributed by atoms with Gasteiger partial charge in [0.05, 0.1) is 10.6 Å². The van der Waals surface area contributed by atoms with E-state index < -0.39 is 26.7 Å². The Morgan fingerprint density at radius 3 is 2.14 bits per heavy atom. The fourth-order valence-corrected chi connectivity index (χ4v) is 4.32. The molecular weight excluding hydrogens is 436 g/mol. The van der Waals surface area contributed by atoms with Crippen LogP contribution in [-0.2, 0) is 22.7 Å². The first kappa shape index (κ1) is 24.7. The molecule has 0 heterocycles. The Hall–Kier alpha value is -1.32. The van der Waals surface area contributed by atoms with Crippen molar-refractivity contribution in [1.29, 1.82) is 0 Å². The minimum absolute atomic E-state index is 0. The molecule has 28 heavy (non-hydrogen) atoms. The van der Waals surface area contributed by atoms with Crippen LogP contribution in [0.25, 0.3) is 0 Å². The van der Waals surface area contributed by atoms with E-state index in [0.29, 0.717) is 12.6 Å². The summed E-state index contributed by atoms with van der Waals surface area (Å²) in [5, 5.41) is -0.245. The van der Waals surface area contributed by atoms with Gasteiger partial charge in [0.25, 0.3) is 0 Å². The van der Waals surface area contributed by atoms with Crippen LogP contribution in [0.3, 0.4) is 0 Å². The van der Waals surface area contributed by atoms with Crippen LogP contribution < -0.4 is 0 Å². The average Bonchev–Trinajstić information content (AvgIpc) is 2.58. The Bertz CT molecular complexity index is 876. The molecule has 0 unspecified atom stereocenters. The minimum atomic E-state index is -4.66. The second-order valence-corrected chi connectivity index (χ2v) is 8.58. The topological polar surface area (TPSA) is 40.6 Å². The molecule has 0 saturated carbocycles. The van der Waals surface area contributed by atoms with E-state index >= 15 is 0 Å². The highest BCUT2D eigenvalue weighted by molar-refractivity contribution is 7.89. The van der Waals surface area contributed by atoms with Gasteiger partial charge in [-0.1, -0.05) is 41.9 Å². The lowest BCUT2D eigenvalue weighted by Crippen LogP contribution is -2.36. The van der Waals surface area contributed by atoms with Crippen LogP contribution in [-0.4, -0.2) is 44.8 Å². The molecule has 0 N–H and O–H groups in total. The standard InChI is InChI=1S/C18H20ClF3N2O2S.ClH/c1-23(2)10-11-24(13-14-6-4-3-5-7-14)27(25,26)17-12-15(18(20,21)22)8-9-16(17)19;/h3-9,12H,10-11,13H2,1-2H3;1H. The van der Waals surface area contributed by atoms with E-state index in [1.54, 1.807) is 49.3 Å². The maximum absolute atomic E-state index is 13.1. The molecular formula is C18H21Cl2F3N2O2S. The second kappa shape index (κ2) is 9.93. The summed E-state index contributed by atoms with van der Waals surface area (Å²) in [5.74, 6) is 0. The Kier molecular flexibility index (Phi) is 8.77. The summed E-state index contributed by atoms with van der Waals surface area (Å²) in [6, 6.07) is 11.2. The number of likely N-dealkylation sites (N-methyl/N-ethyl adjacent to an activating group) is 1. The Labute approximate surface area is 174 Å². The SMILES string of the molecule is CN(C)CCN(Cc1ccccc1)S(=O)(=O)c1cc(C(F)(F)F)ccc1Cl.Cl. The van der Waals surface area contributed by atoms with Gasteiger partial charge in [0.15, 0.2) is 0 Å². The van der Waals surface area contributed by atoms with Crippen molar-refractivity contribution >= 4 is 34.0 Å². The molecule has 0 spiro atoms. The first-order chi connectivity index (χ1) is 12.5. The van der Waals surface area contributed by atoms with Crippen LogP contribution in [0.5, 0.6) is 0 Å². The van der Waals surface area contributed by atoms with Crippen molar-refractivity contribution < 1.29 is 21.6 Å². The molecule has 4 nitrogen and oxygen atoms in total. The molecule has 2 aromatic rings. The van der Waals surface area contributed by atoms with E-state index in [2.05, 4.69) is 0 Å². The first-order valence-electron chi connectivity index (χ1n) is 8.07. The molecule has 0 fully saturated rings. The second-order valence-electron chi connectivity index (χ2n) is 6.27. The van der Waals surface area contributed by atoms with Crippen molar-refractivity contribution in [2.45, 2.75) is 17.6 Å². The van der Waals surface area contributed by atoms with Crippen LogP contribution in [0.2, 0.25) is 5.02 Å². The molecule has 2 aromatic carbocycles. The lowest BCUT2D eigenvalue weighted by atomic mass is 10.2. The molecule has 10 heteroatoms. The van der Waals surface area contributed by atoms with Crippen molar-refractivity contribution in [3.63, 3.8) is 0 Å². The van der Waals surface area contributed by atoms with Crippen molar-refractivity contribution in [1.82, 2.24) is 9.21 Å². The van der Waals surface area contributed by atoms with E-state index in [-0.39, 0.29) is 30.5 Å². The summed E-state index contributed by atoms with van der Waals surface area (Å²) < 4.78 is 66.4. The van der Waals surface area contributed by atoms with Gasteiger partial charge in [0.1, 0.15) is 4.90 Å². The number of benzene rings is 2. The fraction of sp³-hybridized carbons (Fsp3) is 0.333. The number of halogens is 5. The summed E-state index contributed by atoms with van der Waals surface area (Å²) >= 11 is 5.96. The normalized spacial score (nSPS) is 12.3. The molecule has 0 radical (unpaired) electrons. The number of alkyl halides is 3. The van der Waals surface area contributed by atoms with Crippen LogP contribution in [0.1, 0.15) is 11.1 Å². The molecule has 0 bridgehead atoms. The van der Waals surface area contributed by atoms with E-state index in [4.69, 9.17) is 11.6 Å². The van der Waals surface area contributed by atoms with Crippen LogP contribution in [0.4, 0.5) is 13.2 Å². The summed E-state index contributed by atoms with van der Waals surface area (Å²) in [5.41, 5.74) is -0.333. The minimum Gasteiger partial charge on any atom is -0.308 e. The number of sulfonamides is 1. The predicted octanol–water partition coefficient (Wildman–Crippen LogP) is 4.53. The van der Waals surface area contributed by atoms with E-state index in [9.17, 15) is 21.6 Å². The third-order valence-corrected chi connectivity index (χ3v) is 6.20. The number of nitrogens with zero attached hydrogens (tertiary/aromatic N) is 2. The summed E-state index contributed by atoms with van der Waals surface area (Å²) in [6.45, 7) is 0.545. The largest absolute Gasteiger partial charge is 0.416 e. The Balaban J connectivity index is 0.00000392. The van der Waals surface area contributed by atoms with Gasteiger partial charge in [-0.15, -0.1) is 12.4 Å². The molecule has 0 atom stereocenters. The molecule has 156 valence electrons. The summed E-state index contributed by atoms with van der Waals surface area (Å²) in [7, 11) is -0.669. The fourth-order valence-electron chi connectivity index (χ4n) is 2.40. The van der Waals surface area contributed by atoms with E-state index in [0.717, 1.165) is 22.0 Å². The van der Waals surface area contributed by atoms with E-state index in [1.807, 2.05) is 0 Å². The molecule has 0 saturated heterocycles. The zero-order chi connectivity index (χ0) is 20.2. The molecule has 0 aromatic heterocycles. The quantitative estimate of drug-likeness (QED) is 0.614. The van der Waals surface area contributed by atoms with Crippen molar-refractivity contribution in [2.75, 3.05) is 27.2 Å². The zero-order valence-corrected chi connectivity index (χ0v) is 17.7.